The van der Waals surface area contributed by atoms with Crippen LogP contribution in [-0.2, 0) is 11.3 Å². The van der Waals surface area contributed by atoms with Gasteiger partial charge in [-0.25, -0.2) is 4.98 Å². The lowest BCUT2D eigenvalue weighted by Gasteiger charge is -2.24. The number of nitrogens with two attached hydrogens (primary N) is 1. The van der Waals surface area contributed by atoms with Gasteiger partial charge in [0, 0.05) is 6.54 Å². The van der Waals surface area contributed by atoms with Crippen LogP contribution in [0.4, 0.5) is 0 Å². The molecule has 0 bridgehead atoms. The summed E-state index contributed by atoms with van der Waals surface area (Å²) in [5.41, 5.74) is 4.59. The Kier molecular flexibility index (Phi) is 3.19. The fourth-order valence-electron chi connectivity index (χ4n) is 1.06. The van der Waals surface area contributed by atoms with E-state index in [1.165, 1.54) is 6.33 Å². The number of nitrogens with zero attached hydrogens (tertiary/aromatic N) is 3. The Morgan fingerprint density at radius 3 is 2.86 bits per heavy atom. The highest BCUT2D eigenvalue weighted by Gasteiger charge is 2.28. The molecule has 3 N–H and O–H groups in total. The maximum atomic E-state index is 11.1. The molecule has 6 nitrogen and oxygen atoms in total. The predicted molar refractivity (Wildman–Crippen MR) is 51.3 cm³/mol. The molecule has 0 saturated carbocycles. The van der Waals surface area contributed by atoms with Crippen molar-refractivity contribution < 1.29 is 4.79 Å². The van der Waals surface area contributed by atoms with Crippen molar-refractivity contribution >= 4 is 5.91 Å². The summed E-state index contributed by atoms with van der Waals surface area (Å²) in [5, 5.41) is 6.84. The lowest BCUT2D eigenvalue weighted by atomic mass is 9.97. The van der Waals surface area contributed by atoms with Crippen LogP contribution < -0.4 is 11.1 Å². The summed E-state index contributed by atoms with van der Waals surface area (Å²) in [4.78, 5) is 14.9. The molecule has 0 fully saturated rings. The standard InChI is InChI=1S/C8H15N5O/c1-8(10-2,7(9)14)3-4-13-6-11-5-12-13/h5-6,10H,3-4H2,1-2H3,(H2,9,14). The van der Waals surface area contributed by atoms with Crippen LogP contribution in [0.25, 0.3) is 0 Å². The second-order valence-electron chi connectivity index (χ2n) is 3.35. The van der Waals surface area contributed by atoms with Crippen molar-refractivity contribution in [1.82, 2.24) is 20.1 Å². The van der Waals surface area contributed by atoms with Crippen molar-refractivity contribution in [2.75, 3.05) is 7.05 Å². The third-order valence-corrected chi connectivity index (χ3v) is 2.40. The van der Waals surface area contributed by atoms with Crippen molar-refractivity contribution in [3.8, 4) is 0 Å². The van der Waals surface area contributed by atoms with Crippen LogP contribution in [0.3, 0.4) is 0 Å². The number of likely N-dealkylation sites (N-methyl/N-ethyl adjacent to an activating group) is 1. The van der Waals surface area contributed by atoms with Crippen molar-refractivity contribution in [3.05, 3.63) is 12.7 Å². The number of amides is 1. The highest BCUT2D eigenvalue weighted by Crippen LogP contribution is 2.08. The highest BCUT2D eigenvalue weighted by molar-refractivity contribution is 5.84. The number of rotatable bonds is 5. The van der Waals surface area contributed by atoms with Gasteiger partial charge >= 0.3 is 0 Å². The lowest BCUT2D eigenvalue weighted by Crippen LogP contribution is -2.52. The van der Waals surface area contributed by atoms with Crippen molar-refractivity contribution in [2.24, 2.45) is 5.73 Å². The van der Waals surface area contributed by atoms with Crippen LogP contribution in [0.2, 0.25) is 0 Å². The maximum absolute atomic E-state index is 11.1. The van der Waals surface area contributed by atoms with Gasteiger partial charge in [-0.2, -0.15) is 5.10 Å². The van der Waals surface area contributed by atoms with E-state index in [2.05, 4.69) is 15.4 Å². The molecule has 0 aliphatic rings. The summed E-state index contributed by atoms with van der Waals surface area (Å²) < 4.78 is 1.67. The monoisotopic (exact) mass is 197 g/mol. The highest BCUT2D eigenvalue weighted by atomic mass is 16.1. The van der Waals surface area contributed by atoms with Crippen LogP contribution in [0.15, 0.2) is 12.7 Å². The maximum Gasteiger partial charge on any atom is 0.237 e. The quantitative estimate of drug-likeness (QED) is 0.642. The average Bonchev–Trinajstić information content (AvgIpc) is 2.66. The number of hydrogen-bond donors (Lipinski definition) is 2. The van der Waals surface area contributed by atoms with E-state index in [0.29, 0.717) is 13.0 Å². The van der Waals surface area contributed by atoms with Gasteiger partial charge in [0.2, 0.25) is 5.91 Å². The Bertz CT molecular complexity index is 297. The first kappa shape index (κ1) is 10.6. The van der Waals surface area contributed by atoms with E-state index in [4.69, 9.17) is 5.73 Å². The third-order valence-electron chi connectivity index (χ3n) is 2.40. The second kappa shape index (κ2) is 4.19. The van der Waals surface area contributed by atoms with Gasteiger partial charge in [-0.15, -0.1) is 0 Å². The molecule has 0 radical (unpaired) electrons. The number of aryl methyl sites for hydroxylation is 1. The minimum Gasteiger partial charge on any atom is -0.368 e. The predicted octanol–water partition coefficient (Wildman–Crippen LogP) is -0.868. The van der Waals surface area contributed by atoms with E-state index in [0.717, 1.165) is 0 Å². The molecule has 0 aliphatic heterocycles. The Labute approximate surface area is 82.5 Å². The molecule has 1 unspecified atom stereocenters. The zero-order valence-electron chi connectivity index (χ0n) is 8.40. The summed E-state index contributed by atoms with van der Waals surface area (Å²) in [6.07, 6.45) is 3.65. The van der Waals surface area contributed by atoms with Crippen LogP contribution >= 0.6 is 0 Å². The average molecular weight is 197 g/mol. The second-order valence-corrected chi connectivity index (χ2v) is 3.35. The lowest BCUT2D eigenvalue weighted by molar-refractivity contribution is -0.124. The van der Waals surface area contributed by atoms with Gasteiger partial charge in [-0.05, 0) is 20.4 Å². The van der Waals surface area contributed by atoms with Crippen LogP contribution in [0.5, 0.6) is 0 Å². The molecule has 1 aromatic rings. The Morgan fingerprint density at radius 2 is 2.43 bits per heavy atom. The van der Waals surface area contributed by atoms with Gasteiger partial charge in [-0.3, -0.25) is 9.48 Å². The van der Waals surface area contributed by atoms with Crippen molar-refractivity contribution in [2.45, 2.75) is 25.4 Å². The fraction of sp³-hybridized carbons (Fsp3) is 0.625. The molecule has 1 amide bonds. The van der Waals surface area contributed by atoms with Crippen LogP contribution in [0, 0.1) is 0 Å². The van der Waals surface area contributed by atoms with E-state index in [1.807, 2.05) is 0 Å². The number of carbonyl (C=O) groups is 1. The number of aromatic nitrogens is 3. The SMILES string of the molecule is CNC(C)(CCn1cncn1)C(N)=O. The Hall–Kier alpha value is -1.43. The number of nitrogens with one attached hydrogen (secondary N) is 1. The number of primary amides is 1. The Morgan fingerprint density at radius 1 is 1.71 bits per heavy atom. The fourth-order valence-corrected chi connectivity index (χ4v) is 1.06. The summed E-state index contributed by atoms with van der Waals surface area (Å²) in [5.74, 6) is -0.361. The number of carbonyl (C=O) groups excluding carboxylic acids is 1. The first-order valence-electron chi connectivity index (χ1n) is 4.40. The molecule has 1 aromatic heterocycles. The van der Waals surface area contributed by atoms with E-state index < -0.39 is 5.54 Å². The molecule has 0 saturated heterocycles. The first-order chi connectivity index (χ1) is 6.58. The molecule has 0 aromatic carbocycles. The van der Waals surface area contributed by atoms with Crippen LogP contribution in [0.1, 0.15) is 13.3 Å². The van der Waals surface area contributed by atoms with E-state index >= 15 is 0 Å². The minimum atomic E-state index is -0.689. The normalized spacial score (nSPS) is 15.0. The molecule has 78 valence electrons. The third kappa shape index (κ3) is 2.29. The summed E-state index contributed by atoms with van der Waals surface area (Å²) in [6, 6.07) is 0. The molecular formula is C8H15N5O. The molecule has 1 heterocycles. The summed E-state index contributed by atoms with van der Waals surface area (Å²) in [6.45, 7) is 2.38. The first-order valence-corrected chi connectivity index (χ1v) is 4.40. The van der Waals surface area contributed by atoms with E-state index in [9.17, 15) is 4.79 Å². The largest absolute Gasteiger partial charge is 0.368 e. The van der Waals surface area contributed by atoms with Crippen molar-refractivity contribution in [3.63, 3.8) is 0 Å². The molecule has 0 spiro atoms. The zero-order chi connectivity index (χ0) is 10.6. The van der Waals surface area contributed by atoms with Gasteiger partial charge in [0.05, 0.1) is 5.54 Å². The molecule has 0 aliphatic carbocycles. The molecule has 6 heteroatoms. The van der Waals surface area contributed by atoms with Gasteiger partial charge in [0.15, 0.2) is 0 Å². The van der Waals surface area contributed by atoms with Gasteiger partial charge in [-0.1, -0.05) is 0 Å². The smallest absolute Gasteiger partial charge is 0.237 e. The van der Waals surface area contributed by atoms with Gasteiger partial charge < -0.3 is 11.1 Å². The minimum absolute atomic E-state index is 0.361. The van der Waals surface area contributed by atoms with Gasteiger partial charge in [0.1, 0.15) is 12.7 Å². The molecule has 1 atom stereocenters. The topological polar surface area (TPSA) is 85.8 Å². The summed E-state index contributed by atoms with van der Waals surface area (Å²) >= 11 is 0. The Balaban J connectivity index is 2.54. The van der Waals surface area contributed by atoms with Crippen LogP contribution in [-0.4, -0.2) is 33.3 Å². The van der Waals surface area contributed by atoms with Crippen molar-refractivity contribution in [1.29, 1.82) is 0 Å². The van der Waals surface area contributed by atoms with E-state index in [-0.39, 0.29) is 5.91 Å². The molecular weight excluding hydrogens is 182 g/mol. The number of hydrogen-bond acceptors (Lipinski definition) is 4. The van der Waals surface area contributed by atoms with E-state index in [1.54, 1.807) is 25.0 Å². The zero-order valence-corrected chi connectivity index (χ0v) is 8.40. The molecule has 14 heavy (non-hydrogen) atoms. The summed E-state index contributed by atoms with van der Waals surface area (Å²) in [7, 11) is 1.71. The van der Waals surface area contributed by atoms with Gasteiger partial charge in [0.25, 0.3) is 0 Å². The molecule has 1 rings (SSSR count).